The minimum atomic E-state index is 0.277. The summed E-state index contributed by atoms with van der Waals surface area (Å²) in [6.07, 6.45) is 0. The van der Waals surface area contributed by atoms with E-state index in [2.05, 4.69) is 66.7 Å². The van der Waals surface area contributed by atoms with Gasteiger partial charge in [-0.05, 0) is 34.7 Å². The monoisotopic (exact) mass is 347 g/mol. The lowest BCUT2D eigenvalue weighted by molar-refractivity contribution is 0.475. The Kier molecular flexibility index (Phi) is 3.61. The topological polar surface area (TPSA) is 33.1 Å². The van der Waals surface area contributed by atoms with Gasteiger partial charge in [0.2, 0.25) is 0 Å². The van der Waals surface area contributed by atoms with Crippen molar-refractivity contribution >= 4 is 21.7 Å². The molecule has 0 aliphatic rings. The molecule has 0 bridgehead atoms. The van der Waals surface area contributed by atoms with Crippen LogP contribution >= 0.6 is 0 Å². The predicted molar refractivity (Wildman–Crippen MR) is 112 cm³/mol. The Morgan fingerprint density at radius 2 is 1.19 bits per heavy atom. The van der Waals surface area contributed by atoms with Crippen LogP contribution in [0, 0.1) is 0 Å². The van der Waals surface area contributed by atoms with E-state index < -0.39 is 0 Å². The summed E-state index contributed by atoms with van der Waals surface area (Å²) in [7, 11) is 0. The van der Waals surface area contributed by atoms with Crippen LogP contribution < -0.4 is 0 Å². The third-order valence-corrected chi connectivity index (χ3v) is 4.95. The molecule has 0 spiro atoms. The average molecular weight is 347 g/mol. The summed E-state index contributed by atoms with van der Waals surface area (Å²) in [5.41, 5.74) is 5.15. The van der Waals surface area contributed by atoms with Crippen molar-refractivity contribution < 1.29 is 5.11 Å². The van der Waals surface area contributed by atoms with E-state index in [0.29, 0.717) is 0 Å². The van der Waals surface area contributed by atoms with Crippen LogP contribution in [-0.2, 0) is 0 Å². The molecule has 2 nitrogen and oxygen atoms in total. The minimum Gasteiger partial charge on any atom is -0.508 e. The highest BCUT2D eigenvalue weighted by Gasteiger charge is 2.10. The van der Waals surface area contributed by atoms with Crippen LogP contribution in [0.25, 0.3) is 44.1 Å². The van der Waals surface area contributed by atoms with Crippen molar-refractivity contribution in [2.75, 3.05) is 0 Å². The van der Waals surface area contributed by atoms with Gasteiger partial charge in [0.15, 0.2) is 0 Å². The van der Waals surface area contributed by atoms with Crippen LogP contribution in [0.5, 0.6) is 5.75 Å². The molecule has 0 amide bonds. The lowest BCUT2D eigenvalue weighted by atomic mass is 9.98. The first-order chi connectivity index (χ1) is 13.3. The second-order valence-corrected chi connectivity index (χ2v) is 6.65. The molecule has 1 heterocycles. The summed E-state index contributed by atoms with van der Waals surface area (Å²) >= 11 is 0. The molecule has 0 fully saturated rings. The Bertz CT molecular complexity index is 1270. The maximum Gasteiger partial charge on any atom is 0.116 e. The number of phenolic OH excluding ortho intramolecular Hbond substituents is 1. The lowest BCUT2D eigenvalue weighted by Crippen LogP contribution is -1.89. The molecule has 2 heteroatoms. The van der Waals surface area contributed by atoms with E-state index in [9.17, 15) is 5.11 Å². The normalized spacial score (nSPS) is 11.1. The van der Waals surface area contributed by atoms with Gasteiger partial charge in [0.1, 0.15) is 5.75 Å². The highest BCUT2D eigenvalue weighted by molar-refractivity contribution is 6.10. The number of aromatic hydroxyl groups is 1. The molecule has 5 rings (SSSR count). The van der Waals surface area contributed by atoms with Gasteiger partial charge in [-0.1, -0.05) is 78.9 Å². The zero-order chi connectivity index (χ0) is 18.2. The lowest BCUT2D eigenvalue weighted by Gasteiger charge is -2.10. The first-order valence-electron chi connectivity index (χ1n) is 8.97. The summed E-state index contributed by atoms with van der Waals surface area (Å²) in [5, 5.41) is 13.3. The van der Waals surface area contributed by atoms with Crippen LogP contribution in [-0.4, -0.2) is 10.1 Å². The highest BCUT2D eigenvalue weighted by atomic mass is 16.3. The summed E-state index contributed by atoms with van der Waals surface area (Å²) in [6, 6.07) is 32.4. The fourth-order valence-corrected chi connectivity index (χ4v) is 3.63. The second-order valence-electron chi connectivity index (χ2n) is 6.65. The first kappa shape index (κ1) is 15.6. The molecule has 0 radical (unpaired) electrons. The molecular formula is C25H17NO. The molecule has 4 aromatic carbocycles. The van der Waals surface area contributed by atoms with Gasteiger partial charge in [0.05, 0.1) is 11.2 Å². The third kappa shape index (κ3) is 2.72. The van der Waals surface area contributed by atoms with Crippen molar-refractivity contribution in [1.29, 1.82) is 0 Å². The van der Waals surface area contributed by atoms with Crippen molar-refractivity contribution in [3.8, 4) is 28.1 Å². The second kappa shape index (κ2) is 6.26. The Hall–Kier alpha value is -3.65. The van der Waals surface area contributed by atoms with Crippen molar-refractivity contribution in [2.45, 2.75) is 0 Å². The predicted octanol–water partition coefficient (Wildman–Crippen LogP) is 6.43. The summed E-state index contributed by atoms with van der Waals surface area (Å²) < 4.78 is 0. The largest absolute Gasteiger partial charge is 0.508 e. The number of hydrogen-bond acceptors (Lipinski definition) is 2. The molecule has 0 aliphatic carbocycles. The number of benzene rings is 4. The van der Waals surface area contributed by atoms with Crippen molar-refractivity contribution in [3.63, 3.8) is 0 Å². The fourth-order valence-electron chi connectivity index (χ4n) is 3.63. The maximum atomic E-state index is 9.72. The Labute approximate surface area is 157 Å². The molecule has 5 aromatic rings. The van der Waals surface area contributed by atoms with E-state index in [4.69, 9.17) is 4.98 Å². The van der Waals surface area contributed by atoms with Crippen molar-refractivity contribution in [3.05, 3.63) is 97.1 Å². The fraction of sp³-hybridized carbons (Fsp3) is 0. The number of phenols is 1. The van der Waals surface area contributed by atoms with E-state index in [-0.39, 0.29) is 5.75 Å². The van der Waals surface area contributed by atoms with E-state index in [1.165, 1.54) is 10.8 Å². The minimum absolute atomic E-state index is 0.277. The Morgan fingerprint density at radius 1 is 0.519 bits per heavy atom. The van der Waals surface area contributed by atoms with Crippen LogP contribution in [0.15, 0.2) is 97.1 Å². The quantitative estimate of drug-likeness (QED) is 0.373. The Balaban J connectivity index is 1.69. The summed E-state index contributed by atoms with van der Waals surface area (Å²) in [6.45, 7) is 0. The van der Waals surface area contributed by atoms with Crippen LogP contribution in [0.3, 0.4) is 0 Å². The summed E-state index contributed by atoms with van der Waals surface area (Å²) in [5.74, 6) is 0.277. The van der Waals surface area contributed by atoms with E-state index in [1.807, 2.05) is 18.2 Å². The maximum absolute atomic E-state index is 9.72. The number of pyridine rings is 1. The van der Waals surface area contributed by atoms with Gasteiger partial charge in [-0.3, -0.25) is 0 Å². The van der Waals surface area contributed by atoms with Crippen LogP contribution in [0.4, 0.5) is 0 Å². The molecule has 0 unspecified atom stereocenters. The summed E-state index contributed by atoms with van der Waals surface area (Å²) in [4.78, 5) is 4.95. The van der Waals surface area contributed by atoms with E-state index in [1.54, 1.807) is 12.1 Å². The number of rotatable bonds is 2. The van der Waals surface area contributed by atoms with Gasteiger partial charge in [0.25, 0.3) is 0 Å². The molecule has 0 atom stereocenters. The number of aromatic nitrogens is 1. The number of hydrogen-bond donors (Lipinski definition) is 1. The molecule has 128 valence electrons. The highest BCUT2D eigenvalue weighted by Crippen LogP contribution is 2.33. The zero-order valence-corrected chi connectivity index (χ0v) is 14.6. The van der Waals surface area contributed by atoms with Gasteiger partial charge in [-0.25, -0.2) is 4.98 Å². The van der Waals surface area contributed by atoms with Gasteiger partial charge in [-0.2, -0.15) is 0 Å². The van der Waals surface area contributed by atoms with Crippen molar-refractivity contribution in [1.82, 2.24) is 4.98 Å². The third-order valence-electron chi connectivity index (χ3n) is 4.95. The van der Waals surface area contributed by atoms with Crippen molar-refractivity contribution in [2.24, 2.45) is 0 Å². The standard InChI is InChI=1S/C25H17NO/c27-20-7-5-6-19(16-20)17-12-14-18(15-13-17)25-23-10-2-1-8-21(23)22-9-3-4-11-24(22)26-25/h1-16,27H. The number of para-hydroxylation sites is 1. The van der Waals surface area contributed by atoms with Crippen LogP contribution in [0.1, 0.15) is 0 Å². The molecule has 27 heavy (non-hydrogen) atoms. The zero-order valence-electron chi connectivity index (χ0n) is 14.6. The Morgan fingerprint density at radius 3 is 1.96 bits per heavy atom. The SMILES string of the molecule is Oc1cccc(-c2ccc(-c3nc4ccccc4c4ccccc34)cc2)c1. The van der Waals surface area contributed by atoms with E-state index >= 15 is 0 Å². The molecular weight excluding hydrogens is 330 g/mol. The van der Waals surface area contributed by atoms with E-state index in [0.717, 1.165) is 33.3 Å². The van der Waals surface area contributed by atoms with Gasteiger partial charge >= 0.3 is 0 Å². The smallest absolute Gasteiger partial charge is 0.116 e. The van der Waals surface area contributed by atoms with Crippen LogP contribution in [0.2, 0.25) is 0 Å². The number of fused-ring (bicyclic) bond motifs is 3. The van der Waals surface area contributed by atoms with Gasteiger partial charge < -0.3 is 5.11 Å². The average Bonchev–Trinajstić information content (AvgIpc) is 2.73. The molecule has 1 N–H and O–H groups in total. The van der Waals surface area contributed by atoms with Gasteiger partial charge in [0, 0.05) is 16.3 Å². The molecule has 0 saturated carbocycles. The molecule has 0 saturated heterocycles. The number of nitrogens with zero attached hydrogens (tertiary/aromatic N) is 1. The van der Waals surface area contributed by atoms with Gasteiger partial charge in [-0.15, -0.1) is 0 Å². The molecule has 1 aromatic heterocycles. The molecule has 0 aliphatic heterocycles. The first-order valence-corrected chi connectivity index (χ1v) is 8.97.